The molecule has 1 unspecified atom stereocenters. The summed E-state index contributed by atoms with van der Waals surface area (Å²) in [4.78, 5) is 17.6. The minimum absolute atomic E-state index is 0.106. The third kappa shape index (κ3) is 7.02. The van der Waals surface area contributed by atoms with Gasteiger partial charge in [0.2, 0.25) is 5.88 Å². The number of hydrogen-bond donors (Lipinski definition) is 1. The Morgan fingerprint density at radius 2 is 1.96 bits per heavy atom. The van der Waals surface area contributed by atoms with Crippen molar-refractivity contribution in [1.29, 1.82) is 0 Å². The molecule has 6 nitrogen and oxygen atoms in total. The molecule has 1 aromatic heterocycles. The van der Waals surface area contributed by atoms with Crippen molar-refractivity contribution in [3.8, 4) is 11.6 Å². The number of aromatic nitrogens is 1. The molecule has 1 atom stereocenters. The minimum Gasteiger partial charge on any atom is -0.495 e. The van der Waals surface area contributed by atoms with Crippen molar-refractivity contribution in [2.24, 2.45) is 0 Å². The molecule has 1 N–H and O–H groups in total. The molecule has 0 saturated carbocycles. The predicted molar refractivity (Wildman–Crippen MR) is 101 cm³/mol. The fourth-order valence-corrected chi connectivity index (χ4v) is 2.98. The molecule has 1 rings (SSSR count). The summed E-state index contributed by atoms with van der Waals surface area (Å²) in [6.45, 7) is 9.60. The highest BCUT2D eigenvalue weighted by atomic mass is 32.2. The Balaban J connectivity index is 2.96. The van der Waals surface area contributed by atoms with E-state index < -0.39 is 11.7 Å². The molecule has 0 spiro atoms. The summed E-state index contributed by atoms with van der Waals surface area (Å²) in [6, 6.07) is 1.83. The van der Waals surface area contributed by atoms with Crippen LogP contribution in [-0.4, -0.2) is 42.7 Å². The Bertz CT molecular complexity index is 573. The molecule has 1 amide bonds. The Labute approximate surface area is 155 Å². The number of thioether (sulfide) groups is 1. The van der Waals surface area contributed by atoms with Gasteiger partial charge in [0, 0.05) is 18.5 Å². The van der Waals surface area contributed by atoms with Crippen LogP contribution in [0.1, 0.15) is 46.7 Å². The van der Waals surface area contributed by atoms with Gasteiger partial charge in [0.1, 0.15) is 11.4 Å². The van der Waals surface area contributed by atoms with Crippen LogP contribution in [0.3, 0.4) is 0 Å². The van der Waals surface area contributed by atoms with Gasteiger partial charge in [-0.1, -0.05) is 13.8 Å². The van der Waals surface area contributed by atoms with Crippen LogP contribution < -0.4 is 14.8 Å². The number of amides is 1. The van der Waals surface area contributed by atoms with Crippen LogP contribution in [-0.2, 0) is 11.2 Å². The molecule has 1 heterocycles. The number of alkyl carbamates (subject to hydrolysis) is 1. The Hall–Kier alpha value is -1.63. The average Bonchev–Trinajstić information content (AvgIpc) is 2.53. The number of carbonyl (C=O) groups excluding carboxylic acids is 1. The summed E-state index contributed by atoms with van der Waals surface area (Å²) in [5.41, 5.74) is 0.225. The monoisotopic (exact) mass is 370 g/mol. The van der Waals surface area contributed by atoms with Gasteiger partial charge >= 0.3 is 6.09 Å². The van der Waals surface area contributed by atoms with E-state index in [2.05, 4.69) is 17.2 Å². The molecule has 0 fully saturated rings. The molecule has 0 bridgehead atoms. The molecule has 0 aliphatic rings. The lowest BCUT2D eigenvalue weighted by Crippen LogP contribution is -2.40. The SMILES string of the molecule is CCSc1cc(OC)c(CC(CC)NC(=O)OC(C)(C)C)nc1OC. The number of carbonyl (C=O) groups is 1. The molecule has 1 aromatic rings. The van der Waals surface area contributed by atoms with E-state index in [0.717, 1.165) is 22.8 Å². The summed E-state index contributed by atoms with van der Waals surface area (Å²) in [7, 11) is 3.23. The standard InChI is InChI=1S/C18H30N2O4S/c1-8-12(19-17(21)24-18(3,4)5)10-13-14(22-6)11-15(25-9-2)16(20-13)23-7/h11-12H,8-10H2,1-7H3,(H,19,21). The molecule has 7 heteroatoms. The number of methoxy groups -OCH3 is 2. The largest absolute Gasteiger partial charge is 0.495 e. The fraction of sp³-hybridized carbons (Fsp3) is 0.667. The van der Waals surface area contributed by atoms with E-state index >= 15 is 0 Å². The van der Waals surface area contributed by atoms with E-state index in [4.69, 9.17) is 14.2 Å². The number of nitrogens with zero attached hydrogens (tertiary/aromatic N) is 1. The Morgan fingerprint density at radius 1 is 1.28 bits per heavy atom. The Morgan fingerprint density at radius 3 is 2.44 bits per heavy atom. The van der Waals surface area contributed by atoms with Gasteiger partial charge < -0.3 is 19.5 Å². The van der Waals surface area contributed by atoms with Crippen LogP contribution >= 0.6 is 11.8 Å². The van der Waals surface area contributed by atoms with Gasteiger partial charge in [-0.05, 0) is 32.9 Å². The molecule has 25 heavy (non-hydrogen) atoms. The first-order valence-corrected chi connectivity index (χ1v) is 9.46. The van der Waals surface area contributed by atoms with Crippen LogP contribution in [0.15, 0.2) is 11.0 Å². The highest BCUT2D eigenvalue weighted by Crippen LogP contribution is 2.33. The van der Waals surface area contributed by atoms with Gasteiger partial charge in [0.25, 0.3) is 0 Å². The molecule has 0 aliphatic heterocycles. The molecular weight excluding hydrogens is 340 g/mol. The van der Waals surface area contributed by atoms with E-state index in [1.807, 2.05) is 33.8 Å². The van der Waals surface area contributed by atoms with Crippen molar-refractivity contribution in [2.75, 3.05) is 20.0 Å². The second-order valence-corrected chi connectivity index (χ2v) is 7.84. The van der Waals surface area contributed by atoms with Crippen molar-refractivity contribution in [3.05, 3.63) is 11.8 Å². The van der Waals surface area contributed by atoms with Crippen LogP contribution in [0.25, 0.3) is 0 Å². The van der Waals surface area contributed by atoms with E-state index in [9.17, 15) is 4.79 Å². The first-order chi connectivity index (χ1) is 11.7. The lowest BCUT2D eigenvalue weighted by molar-refractivity contribution is 0.0502. The predicted octanol–water partition coefficient (Wildman–Crippen LogP) is 4.06. The zero-order valence-electron chi connectivity index (χ0n) is 16.3. The zero-order valence-corrected chi connectivity index (χ0v) is 17.1. The van der Waals surface area contributed by atoms with Crippen LogP contribution in [0, 0.1) is 0 Å². The minimum atomic E-state index is -0.527. The number of ether oxygens (including phenoxy) is 3. The van der Waals surface area contributed by atoms with Crippen molar-refractivity contribution in [1.82, 2.24) is 10.3 Å². The molecule has 0 saturated heterocycles. The van der Waals surface area contributed by atoms with Gasteiger partial charge in [0.05, 0.1) is 24.8 Å². The van der Waals surface area contributed by atoms with E-state index in [-0.39, 0.29) is 6.04 Å². The summed E-state index contributed by atoms with van der Waals surface area (Å²) in [5.74, 6) is 2.19. The Kier molecular flexibility index (Phi) is 8.35. The number of nitrogens with one attached hydrogen (secondary N) is 1. The van der Waals surface area contributed by atoms with E-state index in [1.165, 1.54) is 0 Å². The first kappa shape index (κ1) is 21.4. The van der Waals surface area contributed by atoms with E-state index in [0.29, 0.717) is 18.1 Å². The lowest BCUT2D eigenvalue weighted by Gasteiger charge is -2.23. The summed E-state index contributed by atoms with van der Waals surface area (Å²) in [5, 5.41) is 2.90. The van der Waals surface area contributed by atoms with Crippen LogP contribution in [0.2, 0.25) is 0 Å². The maximum Gasteiger partial charge on any atom is 0.407 e. The average molecular weight is 371 g/mol. The van der Waals surface area contributed by atoms with Crippen LogP contribution in [0.4, 0.5) is 4.79 Å². The molecular formula is C18H30N2O4S. The lowest BCUT2D eigenvalue weighted by atomic mass is 10.1. The van der Waals surface area contributed by atoms with Gasteiger partial charge in [-0.2, -0.15) is 0 Å². The molecule has 0 aliphatic carbocycles. The second-order valence-electron chi connectivity index (χ2n) is 6.53. The van der Waals surface area contributed by atoms with Crippen molar-refractivity contribution >= 4 is 17.9 Å². The van der Waals surface area contributed by atoms with Crippen molar-refractivity contribution in [3.63, 3.8) is 0 Å². The van der Waals surface area contributed by atoms with Crippen LogP contribution in [0.5, 0.6) is 11.6 Å². The number of pyridine rings is 1. The topological polar surface area (TPSA) is 69.7 Å². The molecule has 0 radical (unpaired) electrons. The van der Waals surface area contributed by atoms with Gasteiger partial charge in [-0.15, -0.1) is 11.8 Å². The summed E-state index contributed by atoms with van der Waals surface area (Å²) in [6.07, 6.45) is 0.855. The van der Waals surface area contributed by atoms with E-state index in [1.54, 1.807) is 26.0 Å². The second kappa shape index (κ2) is 9.75. The van der Waals surface area contributed by atoms with Gasteiger partial charge in [0.15, 0.2) is 0 Å². The normalized spacial score (nSPS) is 12.4. The van der Waals surface area contributed by atoms with Crippen molar-refractivity contribution < 1.29 is 19.0 Å². The third-order valence-corrected chi connectivity index (χ3v) is 4.25. The maximum atomic E-state index is 12.0. The number of hydrogen-bond acceptors (Lipinski definition) is 6. The van der Waals surface area contributed by atoms with Crippen molar-refractivity contribution in [2.45, 2.75) is 64.0 Å². The zero-order chi connectivity index (χ0) is 19.0. The maximum absolute atomic E-state index is 12.0. The highest BCUT2D eigenvalue weighted by molar-refractivity contribution is 7.99. The summed E-state index contributed by atoms with van der Waals surface area (Å²) < 4.78 is 16.2. The number of rotatable bonds is 8. The highest BCUT2D eigenvalue weighted by Gasteiger charge is 2.21. The molecule has 0 aromatic carbocycles. The molecule has 142 valence electrons. The summed E-state index contributed by atoms with van der Waals surface area (Å²) >= 11 is 1.65. The quantitative estimate of drug-likeness (QED) is 0.696. The first-order valence-electron chi connectivity index (χ1n) is 8.48. The smallest absolute Gasteiger partial charge is 0.407 e. The third-order valence-electron chi connectivity index (χ3n) is 3.36. The van der Waals surface area contributed by atoms with Gasteiger partial charge in [-0.25, -0.2) is 9.78 Å². The van der Waals surface area contributed by atoms with Gasteiger partial charge in [-0.3, -0.25) is 0 Å². The fourth-order valence-electron chi connectivity index (χ4n) is 2.23.